The fourth-order valence-electron chi connectivity index (χ4n) is 9.57. The lowest BCUT2D eigenvalue weighted by atomic mass is 9.55. The average molecular weight is 750 g/mol. The number of oxime groups is 1. The molecule has 0 radical (unpaired) electrons. The van der Waals surface area contributed by atoms with Gasteiger partial charge in [-0.1, -0.05) is 55.8 Å². The molecule has 0 unspecified atom stereocenters. The zero-order valence-electron chi connectivity index (χ0n) is 33.5. The van der Waals surface area contributed by atoms with Gasteiger partial charge in [-0.05, 0) is 94.4 Å². The number of unbranched alkanes of at least 4 members (excludes halogenated alkanes) is 2. The van der Waals surface area contributed by atoms with Crippen LogP contribution in [-0.2, 0) is 14.4 Å². The summed E-state index contributed by atoms with van der Waals surface area (Å²) in [5, 5.41) is 24.6. The Kier molecular flexibility index (Phi) is 13.8. The Morgan fingerprint density at radius 3 is 2.52 bits per heavy atom. The largest absolute Gasteiger partial charge is 0.492 e. The van der Waals surface area contributed by atoms with E-state index in [1.54, 1.807) is 6.08 Å². The molecule has 1 saturated heterocycles. The Hall–Kier alpha value is -2.92. The van der Waals surface area contributed by atoms with Gasteiger partial charge in [0.05, 0.1) is 18.2 Å². The number of allylic oxidation sites excluding steroid dienone is 1. The van der Waals surface area contributed by atoms with E-state index in [1.165, 1.54) is 25.7 Å². The minimum Gasteiger partial charge on any atom is -0.492 e. The Labute approximate surface area is 323 Å². The van der Waals surface area contributed by atoms with Crippen molar-refractivity contribution in [3.63, 3.8) is 0 Å². The summed E-state index contributed by atoms with van der Waals surface area (Å²) in [5.74, 6) is 1.04. The Bertz CT molecular complexity index is 1480. The van der Waals surface area contributed by atoms with Crippen LogP contribution in [0, 0.1) is 23.7 Å². The summed E-state index contributed by atoms with van der Waals surface area (Å²) >= 11 is 0. The van der Waals surface area contributed by atoms with E-state index in [4.69, 9.17) is 24.2 Å². The fourth-order valence-corrected chi connectivity index (χ4v) is 9.57. The quantitative estimate of drug-likeness (QED) is 0.0621. The van der Waals surface area contributed by atoms with Crippen LogP contribution < -0.4 is 9.47 Å². The Morgan fingerprint density at radius 1 is 1.09 bits per heavy atom. The summed E-state index contributed by atoms with van der Waals surface area (Å²) in [5.41, 5.74) is 2.46. The topological polar surface area (TPSA) is 113 Å². The molecule has 0 spiro atoms. The van der Waals surface area contributed by atoms with Gasteiger partial charge in [0.2, 0.25) is 11.7 Å². The van der Waals surface area contributed by atoms with Crippen molar-refractivity contribution < 1.29 is 34.1 Å². The second-order valence-electron chi connectivity index (χ2n) is 17.4. The number of rotatable bonds is 20. The number of likely N-dealkylation sites (N-methyl/N-ethyl adjacent to an activating group) is 1. The number of hydrogen-bond acceptors (Lipinski definition) is 9. The molecule has 0 aromatic heterocycles. The van der Waals surface area contributed by atoms with Gasteiger partial charge in [-0.2, -0.15) is 0 Å². The first-order valence-corrected chi connectivity index (χ1v) is 21.0. The lowest BCUT2D eigenvalue weighted by molar-refractivity contribution is -0.255. The van der Waals surface area contributed by atoms with Crippen LogP contribution in [0.3, 0.4) is 0 Å². The van der Waals surface area contributed by atoms with Crippen LogP contribution in [0.15, 0.2) is 47.7 Å². The minimum atomic E-state index is -1.22. The van der Waals surface area contributed by atoms with Crippen LogP contribution in [0.5, 0.6) is 11.5 Å². The van der Waals surface area contributed by atoms with Crippen LogP contribution in [-0.4, -0.2) is 102 Å². The van der Waals surface area contributed by atoms with Gasteiger partial charge in [0.25, 0.3) is 0 Å². The highest BCUT2D eigenvalue weighted by molar-refractivity contribution is 6.03. The molecule has 6 rings (SSSR count). The van der Waals surface area contributed by atoms with Gasteiger partial charge >= 0.3 is 0 Å². The SMILES string of the molecule is C=CCO[C@@]12Oc3ccc(OCCN4CC4)cc3[C@H]3[C@H](CCCCO)[C@@H](CCCCO)C=C(C(=NOC(C)(C)C)C[C@@H]1N(C)C(=O)CCC1CCCC1)[C@H]32. The predicted octanol–water partition coefficient (Wildman–Crippen LogP) is 7.24. The van der Waals surface area contributed by atoms with Crippen molar-refractivity contribution in [1.82, 2.24) is 9.80 Å². The molecule has 3 fully saturated rings. The average Bonchev–Trinajstić information content (AvgIpc) is 3.83. The molecule has 300 valence electrons. The summed E-state index contributed by atoms with van der Waals surface area (Å²) < 4.78 is 20.7. The summed E-state index contributed by atoms with van der Waals surface area (Å²) in [6, 6.07) is 5.72. The number of aliphatic hydroxyl groups excluding tert-OH is 2. The van der Waals surface area contributed by atoms with Crippen molar-refractivity contribution in [3.8, 4) is 11.5 Å². The molecule has 1 aromatic carbocycles. The van der Waals surface area contributed by atoms with Gasteiger partial charge in [0, 0.05) is 64.2 Å². The first kappa shape index (κ1) is 40.7. The molecule has 6 atom stereocenters. The van der Waals surface area contributed by atoms with E-state index in [1.807, 2.05) is 44.9 Å². The molecule has 2 N–H and O–H groups in total. The molecule has 1 aromatic rings. The molecular weight excluding hydrogens is 682 g/mol. The van der Waals surface area contributed by atoms with Gasteiger partial charge < -0.3 is 34.2 Å². The highest BCUT2D eigenvalue weighted by Crippen LogP contribution is 2.62. The molecule has 0 bridgehead atoms. The van der Waals surface area contributed by atoms with Gasteiger partial charge in [0.1, 0.15) is 29.7 Å². The maximum absolute atomic E-state index is 14.3. The molecule has 2 aliphatic heterocycles. The molecule has 10 nitrogen and oxygen atoms in total. The van der Waals surface area contributed by atoms with E-state index in [0.717, 1.165) is 92.9 Å². The molecule has 1 amide bonds. The second-order valence-corrected chi connectivity index (χ2v) is 17.4. The zero-order chi connectivity index (χ0) is 38.3. The normalized spacial score (nSPS) is 28.5. The molecule has 5 aliphatic rings. The van der Waals surface area contributed by atoms with Crippen LogP contribution in [0.1, 0.15) is 116 Å². The molecule has 3 aliphatic carbocycles. The molecule has 2 heterocycles. The smallest absolute Gasteiger partial charge is 0.239 e. The van der Waals surface area contributed by atoms with Crippen LogP contribution in [0.2, 0.25) is 0 Å². The van der Waals surface area contributed by atoms with E-state index in [-0.39, 0.29) is 49.4 Å². The maximum atomic E-state index is 14.3. The van der Waals surface area contributed by atoms with E-state index >= 15 is 0 Å². The lowest BCUT2D eigenvalue weighted by Crippen LogP contribution is -2.69. The third-order valence-corrected chi connectivity index (χ3v) is 12.4. The fraction of sp³-hybridized carbons (Fsp3) is 0.727. The van der Waals surface area contributed by atoms with Gasteiger partial charge in [0.15, 0.2) is 0 Å². The standard InChI is InChI=1S/C44H67N3O7/c1-6-26-52-44-39(46(5)40(50)20-17-31-13-7-8-14-31)30-37(45-54-43(2,3)4)35-28-32(15-9-11-24-48)34(16-10-12-25-49)41(42(35)44)36-29-33(18-19-38(36)53-44)51-27-23-47-21-22-47/h6,18-19,28-29,31-32,34,39,41-42,48-49H,1,7-17,20-27,30H2,2-5H3/t32-,34+,39-,41+,42+,44+/m0/s1. The number of carbonyl (C=O) groups excluding carboxylic acids is 1. The van der Waals surface area contributed by atoms with Gasteiger partial charge in [-0.25, -0.2) is 0 Å². The van der Waals surface area contributed by atoms with E-state index in [9.17, 15) is 15.0 Å². The predicted molar refractivity (Wildman–Crippen MR) is 212 cm³/mol. The van der Waals surface area contributed by atoms with Crippen LogP contribution in [0.4, 0.5) is 0 Å². The number of fused-ring (bicyclic) bond motifs is 2. The molecule has 54 heavy (non-hydrogen) atoms. The Balaban J connectivity index is 1.49. The number of ether oxygens (including phenoxy) is 3. The highest BCUT2D eigenvalue weighted by atomic mass is 16.7. The summed E-state index contributed by atoms with van der Waals surface area (Å²) in [7, 11) is 1.91. The van der Waals surface area contributed by atoms with Crippen molar-refractivity contribution in [2.24, 2.45) is 28.8 Å². The highest BCUT2D eigenvalue weighted by Gasteiger charge is 2.65. The van der Waals surface area contributed by atoms with E-state index in [0.29, 0.717) is 25.4 Å². The van der Waals surface area contributed by atoms with Gasteiger partial charge in [-0.3, -0.25) is 9.69 Å². The van der Waals surface area contributed by atoms with Crippen molar-refractivity contribution >= 4 is 11.6 Å². The number of nitrogens with zero attached hydrogens (tertiary/aromatic N) is 3. The van der Waals surface area contributed by atoms with Crippen molar-refractivity contribution in [1.29, 1.82) is 0 Å². The Morgan fingerprint density at radius 2 is 1.83 bits per heavy atom. The molecular formula is C44H67N3O7. The van der Waals surface area contributed by atoms with E-state index < -0.39 is 17.4 Å². The molecule has 10 heteroatoms. The lowest BCUT2D eigenvalue weighted by Gasteiger charge is -2.59. The minimum absolute atomic E-state index is 0.0586. The first-order valence-electron chi connectivity index (χ1n) is 21.0. The third kappa shape index (κ3) is 9.54. The summed E-state index contributed by atoms with van der Waals surface area (Å²) in [6.45, 7) is 14.4. The van der Waals surface area contributed by atoms with Crippen LogP contribution in [0.25, 0.3) is 0 Å². The van der Waals surface area contributed by atoms with Gasteiger partial charge in [-0.15, -0.1) is 6.58 Å². The third-order valence-electron chi connectivity index (χ3n) is 12.4. The number of amides is 1. The van der Waals surface area contributed by atoms with Crippen molar-refractivity contribution in [2.45, 2.75) is 128 Å². The maximum Gasteiger partial charge on any atom is 0.239 e. The summed E-state index contributed by atoms with van der Waals surface area (Å²) in [4.78, 5) is 24.7. The number of benzene rings is 1. The second kappa shape index (κ2) is 18.4. The van der Waals surface area contributed by atoms with E-state index in [2.05, 4.69) is 23.6 Å². The summed E-state index contributed by atoms with van der Waals surface area (Å²) in [6.07, 6.45) is 15.9. The van der Waals surface area contributed by atoms with Crippen molar-refractivity contribution in [3.05, 3.63) is 48.1 Å². The molecule has 2 saturated carbocycles. The number of carbonyl (C=O) groups is 1. The number of aliphatic hydroxyl groups is 2. The monoisotopic (exact) mass is 749 g/mol. The first-order chi connectivity index (χ1) is 26.1. The van der Waals surface area contributed by atoms with Crippen molar-refractivity contribution in [2.75, 3.05) is 53.1 Å². The zero-order valence-corrected chi connectivity index (χ0v) is 33.5. The van der Waals surface area contributed by atoms with Crippen LogP contribution >= 0.6 is 0 Å². The number of hydrogen-bond donors (Lipinski definition) is 2.